The van der Waals surface area contributed by atoms with E-state index >= 15 is 0 Å². The van der Waals surface area contributed by atoms with Crippen molar-refractivity contribution in [3.63, 3.8) is 0 Å². The number of halogens is 1. The summed E-state index contributed by atoms with van der Waals surface area (Å²) in [7, 11) is 0. The van der Waals surface area contributed by atoms with E-state index in [4.69, 9.17) is 14.7 Å². The largest absolute Gasteiger partial charge is 0.479 e. The highest BCUT2D eigenvalue weighted by molar-refractivity contribution is 5.95. The van der Waals surface area contributed by atoms with Crippen molar-refractivity contribution in [2.45, 2.75) is 19.4 Å². The van der Waals surface area contributed by atoms with Crippen molar-refractivity contribution in [3.8, 4) is 11.8 Å². The van der Waals surface area contributed by atoms with Crippen LogP contribution in [0.3, 0.4) is 0 Å². The van der Waals surface area contributed by atoms with E-state index in [-0.39, 0.29) is 13.0 Å². The molecule has 27 heavy (non-hydrogen) atoms. The number of nitrogens with zero attached hydrogens (tertiary/aromatic N) is 2. The molecule has 0 bridgehead atoms. The molecule has 0 saturated carbocycles. The number of carbonyl (C=O) groups excluding carboxylic acids is 2. The Labute approximate surface area is 156 Å². The van der Waals surface area contributed by atoms with Crippen LogP contribution in [0.4, 0.5) is 10.1 Å². The highest BCUT2D eigenvalue weighted by Crippen LogP contribution is 2.16. The van der Waals surface area contributed by atoms with E-state index in [9.17, 15) is 14.0 Å². The van der Waals surface area contributed by atoms with Gasteiger partial charge in [-0.1, -0.05) is 18.2 Å². The van der Waals surface area contributed by atoms with Gasteiger partial charge >= 0.3 is 5.97 Å². The minimum Gasteiger partial charge on any atom is -0.479 e. The summed E-state index contributed by atoms with van der Waals surface area (Å²) in [5.41, 5.74) is 0.418. The Morgan fingerprint density at radius 1 is 1.15 bits per heavy atom. The summed E-state index contributed by atoms with van der Waals surface area (Å²) in [4.78, 5) is 25.8. The second-order valence-corrected chi connectivity index (χ2v) is 5.61. The van der Waals surface area contributed by atoms with Crippen molar-refractivity contribution in [3.05, 3.63) is 60.4 Å². The Kier molecular flexibility index (Phi) is 7.32. The lowest BCUT2D eigenvalue weighted by Gasteiger charge is -2.22. The van der Waals surface area contributed by atoms with Crippen LogP contribution in [0.25, 0.3) is 0 Å². The minimum atomic E-state index is -0.890. The fourth-order valence-electron chi connectivity index (χ4n) is 2.26. The Morgan fingerprint density at radius 2 is 1.81 bits per heavy atom. The van der Waals surface area contributed by atoms with Crippen LogP contribution in [0.2, 0.25) is 0 Å². The fraction of sp³-hybridized carbons (Fsp3) is 0.250. The molecule has 0 aliphatic heterocycles. The first kappa shape index (κ1) is 19.9. The van der Waals surface area contributed by atoms with E-state index < -0.39 is 30.4 Å². The Bertz CT molecular complexity index is 803. The first-order valence-corrected chi connectivity index (χ1v) is 8.32. The Morgan fingerprint density at radius 3 is 2.44 bits per heavy atom. The molecule has 1 atom stereocenters. The van der Waals surface area contributed by atoms with Gasteiger partial charge < -0.3 is 14.4 Å². The number of esters is 1. The van der Waals surface area contributed by atoms with Gasteiger partial charge in [-0.25, -0.2) is 9.18 Å². The summed E-state index contributed by atoms with van der Waals surface area (Å²) in [6.45, 7) is 1.12. The maximum atomic E-state index is 13.1. The molecule has 1 amide bonds. The van der Waals surface area contributed by atoms with Gasteiger partial charge in [0.2, 0.25) is 0 Å². The number of anilines is 1. The van der Waals surface area contributed by atoms with Crippen molar-refractivity contribution < 1.29 is 23.5 Å². The van der Waals surface area contributed by atoms with E-state index in [0.717, 1.165) is 0 Å². The maximum absolute atomic E-state index is 13.1. The summed E-state index contributed by atoms with van der Waals surface area (Å²) in [6.07, 6.45) is -0.802. The summed E-state index contributed by atoms with van der Waals surface area (Å²) in [5.74, 6) is -1.14. The highest BCUT2D eigenvalue weighted by atomic mass is 19.1. The van der Waals surface area contributed by atoms with Gasteiger partial charge in [0.25, 0.3) is 5.91 Å². The van der Waals surface area contributed by atoms with Crippen LogP contribution in [0.15, 0.2) is 54.6 Å². The number of ether oxygens (including phenoxy) is 2. The molecule has 0 fully saturated rings. The zero-order valence-corrected chi connectivity index (χ0v) is 14.8. The molecule has 0 radical (unpaired) electrons. The maximum Gasteiger partial charge on any atom is 0.347 e. The van der Waals surface area contributed by atoms with Gasteiger partial charge in [-0.2, -0.15) is 5.26 Å². The van der Waals surface area contributed by atoms with Gasteiger partial charge in [0, 0.05) is 12.2 Å². The molecule has 2 rings (SSSR count). The number of hydrogen-bond donors (Lipinski definition) is 0. The van der Waals surface area contributed by atoms with Crippen LogP contribution in [0.5, 0.6) is 5.75 Å². The average molecular weight is 370 g/mol. The summed E-state index contributed by atoms with van der Waals surface area (Å²) >= 11 is 0. The van der Waals surface area contributed by atoms with E-state index in [0.29, 0.717) is 11.4 Å². The zero-order chi connectivity index (χ0) is 19.6. The summed E-state index contributed by atoms with van der Waals surface area (Å²) < 4.78 is 23.6. The van der Waals surface area contributed by atoms with Crippen molar-refractivity contribution in [2.24, 2.45) is 0 Å². The first-order valence-electron chi connectivity index (χ1n) is 8.32. The molecule has 0 saturated heterocycles. The minimum absolute atomic E-state index is 0.0879. The lowest BCUT2D eigenvalue weighted by Crippen LogP contribution is -2.37. The molecule has 0 heterocycles. The van der Waals surface area contributed by atoms with E-state index in [1.54, 1.807) is 24.3 Å². The lowest BCUT2D eigenvalue weighted by molar-refractivity contribution is -0.154. The van der Waals surface area contributed by atoms with Crippen molar-refractivity contribution in [2.75, 3.05) is 18.1 Å². The molecular formula is C20H19FN2O4. The molecule has 2 aromatic carbocycles. The van der Waals surface area contributed by atoms with Crippen LogP contribution in [-0.4, -0.2) is 31.1 Å². The quantitative estimate of drug-likeness (QED) is 0.667. The number of carbonyl (C=O) groups is 2. The SMILES string of the molecule is CC(Oc1ccccc1)C(=O)OCC(=O)N(CCC#N)c1ccc(F)cc1. The van der Waals surface area contributed by atoms with Gasteiger partial charge in [-0.15, -0.1) is 0 Å². The molecule has 2 aromatic rings. The molecule has 0 aliphatic rings. The van der Waals surface area contributed by atoms with Gasteiger partial charge in [-0.3, -0.25) is 4.79 Å². The molecule has 7 heteroatoms. The molecule has 0 aromatic heterocycles. The van der Waals surface area contributed by atoms with E-state index in [2.05, 4.69) is 0 Å². The van der Waals surface area contributed by atoms with E-state index in [1.165, 1.54) is 36.1 Å². The summed E-state index contributed by atoms with van der Waals surface area (Å²) in [6, 6.07) is 16.0. The van der Waals surface area contributed by atoms with Crippen LogP contribution >= 0.6 is 0 Å². The van der Waals surface area contributed by atoms with Crippen LogP contribution in [-0.2, 0) is 14.3 Å². The van der Waals surface area contributed by atoms with Gasteiger partial charge in [0.1, 0.15) is 11.6 Å². The van der Waals surface area contributed by atoms with Crippen LogP contribution in [0, 0.1) is 17.1 Å². The van der Waals surface area contributed by atoms with Crippen molar-refractivity contribution in [1.82, 2.24) is 0 Å². The Balaban J connectivity index is 1.94. The standard InChI is InChI=1S/C20H19FN2O4/c1-15(27-18-6-3-2-4-7-18)20(25)26-14-19(24)23(13-5-12-22)17-10-8-16(21)9-11-17/h2-4,6-11,15H,5,13-14H2,1H3. The van der Waals surface area contributed by atoms with Gasteiger partial charge in [0.15, 0.2) is 12.7 Å². The third kappa shape index (κ3) is 6.12. The lowest BCUT2D eigenvalue weighted by atomic mass is 10.2. The van der Waals surface area contributed by atoms with Crippen molar-refractivity contribution >= 4 is 17.6 Å². The number of rotatable bonds is 8. The molecule has 1 unspecified atom stereocenters. The number of benzene rings is 2. The Hall–Kier alpha value is -3.40. The molecule has 0 aliphatic carbocycles. The number of amides is 1. The summed E-state index contributed by atoms with van der Waals surface area (Å²) in [5, 5.41) is 8.77. The number of nitriles is 1. The molecular weight excluding hydrogens is 351 g/mol. The van der Waals surface area contributed by atoms with E-state index in [1.807, 2.05) is 12.1 Å². The molecule has 0 spiro atoms. The zero-order valence-electron chi connectivity index (χ0n) is 14.8. The first-order chi connectivity index (χ1) is 13.0. The second kappa shape index (κ2) is 9.92. The van der Waals surface area contributed by atoms with Gasteiger partial charge in [-0.05, 0) is 43.3 Å². The second-order valence-electron chi connectivity index (χ2n) is 5.61. The van der Waals surface area contributed by atoms with Gasteiger partial charge in [0.05, 0.1) is 12.5 Å². The third-order valence-electron chi connectivity index (χ3n) is 3.61. The number of hydrogen-bond acceptors (Lipinski definition) is 5. The van der Waals surface area contributed by atoms with Crippen LogP contribution < -0.4 is 9.64 Å². The van der Waals surface area contributed by atoms with Crippen molar-refractivity contribution in [1.29, 1.82) is 5.26 Å². The predicted octanol–water partition coefficient (Wildman–Crippen LogP) is 3.08. The fourth-order valence-corrected chi connectivity index (χ4v) is 2.26. The molecule has 0 N–H and O–H groups in total. The molecule has 140 valence electrons. The molecule has 6 nitrogen and oxygen atoms in total. The smallest absolute Gasteiger partial charge is 0.347 e. The monoisotopic (exact) mass is 370 g/mol. The topological polar surface area (TPSA) is 79.6 Å². The normalized spacial score (nSPS) is 11.1. The highest BCUT2D eigenvalue weighted by Gasteiger charge is 2.21. The third-order valence-corrected chi connectivity index (χ3v) is 3.61. The average Bonchev–Trinajstić information content (AvgIpc) is 2.68. The predicted molar refractivity (Wildman–Crippen MR) is 96.5 cm³/mol. The van der Waals surface area contributed by atoms with Crippen LogP contribution in [0.1, 0.15) is 13.3 Å². The number of para-hydroxylation sites is 1.